The van der Waals surface area contributed by atoms with Crippen LogP contribution in [-0.2, 0) is 0 Å². The molecule has 0 amide bonds. The molecule has 3 N–H and O–H groups in total. The SMILES string of the molecule is CC(C)n1nc(-c2ccn3c(C(=O)O)cnc3c2)c2c(N)ncnc21. The predicted octanol–water partition coefficient (Wildman–Crippen LogP) is 2.00. The van der Waals surface area contributed by atoms with Crippen molar-refractivity contribution in [3.8, 4) is 11.3 Å². The van der Waals surface area contributed by atoms with E-state index in [9.17, 15) is 9.90 Å². The largest absolute Gasteiger partial charge is 0.477 e. The van der Waals surface area contributed by atoms with Crippen molar-refractivity contribution < 1.29 is 9.90 Å². The van der Waals surface area contributed by atoms with Crippen molar-refractivity contribution in [1.29, 1.82) is 0 Å². The summed E-state index contributed by atoms with van der Waals surface area (Å²) in [6.07, 6.45) is 4.39. The minimum absolute atomic E-state index is 0.0966. The van der Waals surface area contributed by atoms with Gasteiger partial charge >= 0.3 is 5.97 Å². The molecule has 9 nitrogen and oxygen atoms in total. The second kappa shape index (κ2) is 5.26. The summed E-state index contributed by atoms with van der Waals surface area (Å²) in [4.78, 5) is 23.8. The third kappa shape index (κ3) is 2.20. The Morgan fingerprint density at radius 1 is 1.28 bits per heavy atom. The van der Waals surface area contributed by atoms with Crippen molar-refractivity contribution in [1.82, 2.24) is 29.1 Å². The predicted molar refractivity (Wildman–Crippen MR) is 91.3 cm³/mol. The molecule has 4 heterocycles. The first kappa shape index (κ1) is 15.1. The van der Waals surface area contributed by atoms with Crippen molar-refractivity contribution in [3.63, 3.8) is 0 Å². The number of carboxylic acid groups (broad SMARTS) is 1. The van der Waals surface area contributed by atoms with E-state index in [-0.39, 0.29) is 11.7 Å². The number of hydrogen-bond donors (Lipinski definition) is 2. The van der Waals surface area contributed by atoms with Gasteiger partial charge in [-0.05, 0) is 26.0 Å². The van der Waals surface area contributed by atoms with E-state index in [1.807, 2.05) is 13.8 Å². The number of nitrogens with zero attached hydrogens (tertiary/aromatic N) is 6. The molecule has 0 unspecified atom stereocenters. The highest BCUT2D eigenvalue weighted by atomic mass is 16.4. The van der Waals surface area contributed by atoms with E-state index in [1.165, 1.54) is 16.9 Å². The number of fused-ring (bicyclic) bond motifs is 2. The summed E-state index contributed by atoms with van der Waals surface area (Å²) in [5.41, 5.74) is 8.74. The van der Waals surface area contributed by atoms with Crippen LogP contribution < -0.4 is 5.73 Å². The monoisotopic (exact) mass is 337 g/mol. The summed E-state index contributed by atoms with van der Waals surface area (Å²) in [5.74, 6) is -0.686. The minimum atomic E-state index is -1.03. The molecule has 0 aliphatic carbocycles. The van der Waals surface area contributed by atoms with Crippen LogP contribution >= 0.6 is 0 Å². The Morgan fingerprint density at radius 3 is 2.80 bits per heavy atom. The van der Waals surface area contributed by atoms with Gasteiger partial charge in [0.2, 0.25) is 0 Å². The summed E-state index contributed by atoms with van der Waals surface area (Å²) >= 11 is 0. The first-order valence-corrected chi connectivity index (χ1v) is 7.67. The summed E-state index contributed by atoms with van der Waals surface area (Å²) < 4.78 is 3.30. The van der Waals surface area contributed by atoms with Crippen LogP contribution in [0, 0.1) is 0 Å². The lowest BCUT2D eigenvalue weighted by Gasteiger charge is -2.05. The molecule has 4 rings (SSSR count). The van der Waals surface area contributed by atoms with Crippen LogP contribution in [0.15, 0.2) is 30.9 Å². The van der Waals surface area contributed by atoms with E-state index in [4.69, 9.17) is 5.73 Å². The van der Waals surface area contributed by atoms with Gasteiger partial charge in [-0.3, -0.25) is 4.40 Å². The van der Waals surface area contributed by atoms with Gasteiger partial charge < -0.3 is 10.8 Å². The Labute approximate surface area is 141 Å². The van der Waals surface area contributed by atoms with Crippen molar-refractivity contribution in [2.24, 2.45) is 0 Å². The third-order valence-corrected chi connectivity index (χ3v) is 4.01. The standard InChI is InChI=1S/C16H15N7O2/c1-8(2)23-15-12(14(17)19-7-20-15)13(21-23)9-3-4-22-10(16(24)25)6-18-11(22)5-9/h3-8H,1-2H3,(H,24,25)(H2,17,19,20). The number of rotatable bonds is 3. The lowest BCUT2D eigenvalue weighted by Crippen LogP contribution is -2.04. The van der Waals surface area contributed by atoms with Gasteiger partial charge in [0.15, 0.2) is 11.3 Å². The molecule has 4 aromatic rings. The number of aromatic carboxylic acids is 1. The number of carbonyl (C=O) groups is 1. The molecule has 0 bridgehead atoms. The number of nitrogens with two attached hydrogens (primary N) is 1. The lowest BCUT2D eigenvalue weighted by molar-refractivity contribution is 0.0689. The molecule has 0 aliphatic heterocycles. The van der Waals surface area contributed by atoms with Crippen LogP contribution in [0.5, 0.6) is 0 Å². The van der Waals surface area contributed by atoms with Gasteiger partial charge in [-0.15, -0.1) is 0 Å². The first-order chi connectivity index (χ1) is 12.0. The second-order valence-electron chi connectivity index (χ2n) is 5.94. The van der Waals surface area contributed by atoms with Crippen LogP contribution in [0.1, 0.15) is 30.4 Å². The number of imidazole rings is 1. The Kier molecular flexibility index (Phi) is 3.17. The first-order valence-electron chi connectivity index (χ1n) is 7.67. The molecule has 4 aromatic heterocycles. The fourth-order valence-corrected chi connectivity index (χ4v) is 2.84. The van der Waals surface area contributed by atoms with Crippen LogP contribution in [0.2, 0.25) is 0 Å². The van der Waals surface area contributed by atoms with E-state index >= 15 is 0 Å². The molecular weight excluding hydrogens is 322 g/mol. The minimum Gasteiger partial charge on any atom is -0.477 e. The number of anilines is 1. The van der Waals surface area contributed by atoms with Crippen molar-refractivity contribution in [2.45, 2.75) is 19.9 Å². The average molecular weight is 337 g/mol. The van der Waals surface area contributed by atoms with Crippen LogP contribution in [-0.4, -0.2) is 40.2 Å². The lowest BCUT2D eigenvalue weighted by atomic mass is 10.1. The van der Waals surface area contributed by atoms with Crippen molar-refractivity contribution in [2.75, 3.05) is 5.73 Å². The van der Waals surface area contributed by atoms with Gasteiger partial charge in [-0.25, -0.2) is 24.4 Å². The second-order valence-corrected chi connectivity index (χ2v) is 5.94. The molecule has 126 valence electrons. The number of hydrogen-bond acceptors (Lipinski definition) is 6. The van der Waals surface area contributed by atoms with Gasteiger partial charge in [0.25, 0.3) is 0 Å². The van der Waals surface area contributed by atoms with Gasteiger partial charge in [0.05, 0.1) is 11.6 Å². The van der Waals surface area contributed by atoms with Gasteiger partial charge in [-0.1, -0.05) is 0 Å². The van der Waals surface area contributed by atoms with Gasteiger partial charge in [-0.2, -0.15) is 5.10 Å². The van der Waals surface area contributed by atoms with E-state index in [1.54, 1.807) is 23.0 Å². The fourth-order valence-electron chi connectivity index (χ4n) is 2.84. The highest BCUT2D eigenvalue weighted by Gasteiger charge is 2.19. The normalized spacial score (nSPS) is 11.6. The number of carboxylic acids is 1. The number of nitrogen functional groups attached to an aromatic ring is 1. The zero-order chi connectivity index (χ0) is 17.7. The van der Waals surface area contributed by atoms with E-state index in [0.717, 1.165) is 5.56 Å². The summed E-state index contributed by atoms with van der Waals surface area (Å²) in [6, 6.07) is 3.64. The number of aromatic nitrogens is 6. The van der Waals surface area contributed by atoms with Crippen LogP contribution in [0.25, 0.3) is 27.9 Å². The molecule has 25 heavy (non-hydrogen) atoms. The molecule has 9 heteroatoms. The highest BCUT2D eigenvalue weighted by molar-refractivity contribution is 5.98. The Morgan fingerprint density at radius 2 is 2.08 bits per heavy atom. The fraction of sp³-hybridized carbons (Fsp3) is 0.188. The van der Waals surface area contributed by atoms with E-state index < -0.39 is 5.97 Å². The summed E-state index contributed by atoms with van der Waals surface area (Å²) in [5, 5.41) is 14.5. The summed E-state index contributed by atoms with van der Waals surface area (Å²) in [7, 11) is 0. The smallest absolute Gasteiger partial charge is 0.354 e. The zero-order valence-corrected chi connectivity index (χ0v) is 13.6. The zero-order valence-electron chi connectivity index (χ0n) is 13.6. The maximum atomic E-state index is 11.2. The average Bonchev–Trinajstić information content (AvgIpc) is 3.16. The van der Waals surface area contributed by atoms with Crippen molar-refractivity contribution >= 4 is 28.5 Å². The van der Waals surface area contributed by atoms with Gasteiger partial charge in [0, 0.05) is 17.8 Å². The Bertz CT molecular complexity index is 1130. The Hall–Kier alpha value is -3.49. The van der Waals surface area contributed by atoms with Gasteiger partial charge in [0.1, 0.15) is 23.5 Å². The molecule has 0 fully saturated rings. The van der Waals surface area contributed by atoms with Crippen LogP contribution in [0.3, 0.4) is 0 Å². The van der Waals surface area contributed by atoms with E-state index in [2.05, 4.69) is 20.1 Å². The van der Waals surface area contributed by atoms with Crippen LogP contribution in [0.4, 0.5) is 5.82 Å². The molecule has 0 atom stereocenters. The summed E-state index contributed by atoms with van der Waals surface area (Å²) in [6.45, 7) is 4.01. The maximum absolute atomic E-state index is 11.2. The topological polar surface area (TPSA) is 124 Å². The Balaban J connectivity index is 1.98. The molecule has 0 radical (unpaired) electrons. The maximum Gasteiger partial charge on any atom is 0.354 e. The third-order valence-electron chi connectivity index (χ3n) is 4.01. The molecule has 0 aliphatic rings. The molecule has 0 saturated heterocycles. The molecule has 0 spiro atoms. The number of pyridine rings is 1. The quantitative estimate of drug-likeness (QED) is 0.586. The molecule has 0 aromatic carbocycles. The van der Waals surface area contributed by atoms with Crippen molar-refractivity contribution in [3.05, 3.63) is 36.5 Å². The highest BCUT2D eigenvalue weighted by Crippen LogP contribution is 2.32. The molecule has 0 saturated carbocycles. The van der Waals surface area contributed by atoms with E-state index in [0.29, 0.717) is 28.2 Å². The molecular formula is C16H15N7O2.